The first-order valence-electron chi connectivity index (χ1n) is 6.69. The van der Waals surface area contributed by atoms with Crippen molar-refractivity contribution in [1.82, 2.24) is 0 Å². The van der Waals surface area contributed by atoms with E-state index in [4.69, 9.17) is 11.6 Å². The maximum absolute atomic E-state index is 11.7. The first-order chi connectivity index (χ1) is 8.63. The van der Waals surface area contributed by atoms with Crippen LogP contribution < -0.4 is 5.32 Å². The normalized spacial score (nSPS) is 10.4. The van der Waals surface area contributed by atoms with Crippen molar-refractivity contribution in [2.24, 2.45) is 0 Å². The van der Waals surface area contributed by atoms with Crippen LogP contribution in [0.25, 0.3) is 0 Å². The van der Waals surface area contributed by atoms with Crippen molar-refractivity contribution in [3.63, 3.8) is 0 Å². The zero-order valence-electron chi connectivity index (χ0n) is 11.3. The molecular formula is C15H22ClNO. The molecule has 1 rings (SSSR count). The van der Waals surface area contributed by atoms with Crippen molar-refractivity contribution in [3.05, 3.63) is 28.8 Å². The van der Waals surface area contributed by atoms with Gasteiger partial charge in [-0.25, -0.2) is 0 Å². The summed E-state index contributed by atoms with van der Waals surface area (Å²) in [6, 6.07) is 5.60. The second kappa shape index (κ2) is 8.15. The number of carbonyl (C=O) groups excluding carboxylic acids is 1. The van der Waals surface area contributed by atoms with Crippen molar-refractivity contribution in [2.45, 2.75) is 52.4 Å². The Morgan fingerprint density at radius 1 is 1.22 bits per heavy atom. The average molecular weight is 268 g/mol. The fourth-order valence-corrected chi connectivity index (χ4v) is 1.96. The Kier molecular flexibility index (Phi) is 6.81. The van der Waals surface area contributed by atoms with Crippen LogP contribution in [0.3, 0.4) is 0 Å². The third-order valence-electron chi connectivity index (χ3n) is 2.96. The molecule has 1 amide bonds. The van der Waals surface area contributed by atoms with Gasteiger partial charge in [-0.3, -0.25) is 4.79 Å². The molecule has 0 atom stereocenters. The number of unbranched alkanes of at least 4 members (excludes halogenated alkanes) is 4. The van der Waals surface area contributed by atoms with Gasteiger partial charge in [0.2, 0.25) is 5.91 Å². The summed E-state index contributed by atoms with van der Waals surface area (Å²) in [5.74, 6) is 0.0754. The van der Waals surface area contributed by atoms with E-state index in [0.29, 0.717) is 11.4 Å². The lowest BCUT2D eigenvalue weighted by atomic mass is 10.1. The van der Waals surface area contributed by atoms with Gasteiger partial charge in [-0.2, -0.15) is 0 Å². The molecule has 0 heterocycles. The van der Waals surface area contributed by atoms with Gasteiger partial charge >= 0.3 is 0 Å². The number of amides is 1. The Morgan fingerprint density at radius 3 is 2.61 bits per heavy atom. The molecule has 0 spiro atoms. The van der Waals surface area contributed by atoms with Crippen molar-refractivity contribution >= 4 is 23.2 Å². The first kappa shape index (κ1) is 15.0. The molecule has 3 heteroatoms. The molecule has 0 bridgehead atoms. The molecule has 2 nitrogen and oxygen atoms in total. The molecule has 0 saturated heterocycles. The summed E-state index contributed by atoms with van der Waals surface area (Å²) in [6.07, 6.45) is 6.40. The number of rotatable bonds is 7. The molecule has 100 valence electrons. The highest BCUT2D eigenvalue weighted by atomic mass is 35.5. The molecular weight excluding hydrogens is 246 g/mol. The molecule has 1 aromatic carbocycles. The minimum atomic E-state index is 0.0754. The standard InChI is InChI=1S/C15H22ClNO/c1-3-4-5-6-7-8-15(18)17-13-10-9-12(2)14(16)11-13/h9-11H,3-8H2,1-2H3,(H,17,18). The van der Waals surface area contributed by atoms with Crippen molar-refractivity contribution in [2.75, 3.05) is 5.32 Å². The van der Waals surface area contributed by atoms with Crippen molar-refractivity contribution in [1.29, 1.82) is 0 Å². The summed E-state index contributed by atoms with van der Waals surface area (Å²) in [7, 11) is 0. The molecule has 0 aliphatic rings. The Morgan fingerprint density at radius 2 is 1.94 bits per heavy atom. The smallest absolute Gasteiger partial charge is 0.224 e. The van der Waals surface area contributed by atoms with Gasteiger partial charge < -0.3 is 5.32 Å². The van der Waals surface area contributed by atoms with E-state index in [-0.39, 0.29) is 5.91 Å². The van der Waals surface area contributed by atoms with Crippen LogP contribution in [0.4, 0.5) is 5.69 Å². The quantitative estimate of drug-likeness (QED) is 0.696. The van der Waals surface area contributed by atoms with Crippen LogP contribution in [-0.4, -0.2) is 5.91 Å². The number of anilines is 1. The molecule has 1 aromatic rings. The third kappa shape index (κ3) is 5.54. The number of nitrogens with one attached hydrogen (secondary N) is 1. The lowest BCUT2D eigenvalue weighted by molar-refractivity contribution is -0.116. The minimum absolute atomic E-state index is 0.0754. The van der Waals surface area contributed by atoms with Crippen LogP contribution in [0.15, 0.2) is 18.2 Å². The Labute approximate surface area is 115 Å². The number of aryl methyl sites for hydroxylation is 1. The lowest BCUT2D eigenvalue weighted by Gasteiger charge is -2.06. The van der Waals surface area contributed by atoms with Crippen molar-refractivity contribution < 1.29 is 4.79 Å². The van der Waals surface area contributed by atoms with E-state index >= 15 is 0 Å². The van der Waals surface area contributed by atoms with E-state index in [2.05, 4.69) is 12.2 Å². The fourth-order valence-electron chi connectivity index (χ4n) is 1.78. The number of hydrogen-bond acceptors (Lipinski definition) is 1. The summed E-state index contributed by atoms with van der Waals surface area (Å²) in [4.78, 5) is 11.7. The molecule has 18 heavy (non-hydrogen) atoms. The van der Waals surface area contributed by atoms with Gasteiger partial charge in [0, 0.05) is 17.1 Å². The average Bonchev–Trinajstić information content (AvgIpc) is 2.34. The lowest BCUT2D eigenvalue weighted by Crippen LogP contribution is -2.11. The van der Waals surface area contributed by atoms with Gasteiger partial charge in [0.1, 0.15) is 0 Å². The van der Waals surface area contributed by atoms with Gasteiger partial charge in [-0.15, -0.1) is 0 Å². The first-order valence-corrected chi connectivity index (χ1v) is 7.07. The Hall–Kier alpha value is -1.02. The fraction of sp³-hybridized carbons (Fsp3) is 0.533. The van der Waals surface area contributed by atoms with Crippen LogP contribution in [0, 0.1) is 6.92 Å². The maximum atomic E-state index is 11.7. The summed E-state index contributed by atoms with van der Waals surface area (Å²) in [6.45, 7) is 4.13. The molecule has 0 radical (unpaired) electrons. The summed E-state index contributed by atoms with van der Waals surface area (Å²) in [5, 5.41) is 3.57. The molecule has 0 aromatic heterocycles. The highest BCUT2D eigenvalue weighted by Crippen LogP contribution is 2.20. The van der Waals surface area contributed by atoms with E-state index in [1.807, 2.05) is 19.1 Å². The number of carbonyl (C=O) groups is 1. The van der Waals surface area contributed by atoms with Crippen LogP contribution in [0.2, 0.25) is 5.02 Å². The number of benzene rings is 1. The van der Waals surface area contributed by atoms with Crippen LogP contribution in [0.1, 0.15) is 51.0 Å². The molecule has 0 unspecified atom stereocenters. The van der Waals surface area contributed by atoms with Crippen LogP contribution >= 0.6 is 11.6 Å². The van der Waals surface area contributed by atoms with E-state index in [1.165, 1.54) is 19.3 Å². The number of hydrogen-bond donors (Lipinski definition) is 1. The SMILES string of the molecule is CCCCCCCC(=O)Nc1ccc(C)c(Cl)c1. The van der Waals surface area contributed by atoms with Crippen LogP contribution in [-0.2, 0) is 4.79 Å². The van der Waals surface area contributed by atoms with E-state index < -0.39 is 0 Å². The van der Waals surface area contributed by atoms with Gasteiger partial charge in [-0.05, 0) is 31.0 Å². The molecule has 0 aliphatic heterocycles. The Balaban J connectivity index is 2.29. The van der Waals surface area contributed by atoms with E-state index in [1.54, 1.807) is 6.07 Å². The highest BCUT2D eigenvalue weighted by molar-refractivity contribution is 6.31. The number of halogens is 1. The minimum Gasteiger partial charge on any atom is -0.326 e. The highest BCUT2D eigenvalue weighted by Gasteiger charge is 2.03. The topological polar surface area (TPSA) is 29.1 Å². The summed E-state index contributed by atoms with van der Waals surface area (Å²) >= 11 is 6.01. The third-order valence-corrected chi connectivity index (χ3v) is 3.37. The molecule has 1 N–H and O–H groups in total. The summed E-state index contributed by atoms with van der Waals surface area (Å²) < 4.78 is 0. The largest absolute Gasteiger partial charge is 0.326 e. The zero-order valence-corrected chi connectivity index (χ0v) is 12.0. The van der Waals surface area contributed by atoms with Gasteiger partial charge in [0.15, 0.2) is 0 Å². The predicted molar refractivity (Wildman–Crippen MR) is 78.2 cm³/mol. The van der Waals surface area contributed by atoms with Gasteiger partial charge in [-0.1, -0.05) is 50.3 Å². The summed E-state index contributed by atoms with van der Waals surface area (Å²) in [5.41, 5.74) is 1.80. The maximum Gasteiger partial charge on any atom is 0.224 e. The molecule has 0 saturated carbocycles. The molecule has 0 aliphatic carbocycles. The predicted octanol–water partition coefficient (Wildman–Crippen LogP) is 4.95. The monoisotopic (exact) mass is 267 g/mol. The van der Waals surface area contributed by atoms with E-state index in [0.717, 1.165) is 24.1 Å². The Bertz CT molecular complexity index is 390. The van der Waals surface area contributed by atoms with Crippen LogP contribution in [0.5, 0.6) is 0 Å². The second-order valence-corrected chi connectivity index (χ2v) is 5.08. The van der Waals surface area contributed by atoms with Crippen molar-refractivity contribution in [3.8, 4) is 0 Å². The van der Waals surface area contributed by atoms with Gasteiger partial charge in [0.25, 0.3) is 0 Å². The second-order valence-electron chi connectivity index (χ2n) is 4.68. The van der Waals surface area contributed by atoms with E-state index in [9.17, 15) is 4.79 Å². The molecule has 0 fully saturated rings. The zero-order chi connectivity index (χ0) is 13.4. The van der Waals surface area contributed by atoms with Gasteiger partial charge in [0.05, 0.1) is 0 Å².